The van der Waals surface area contributed by atoms with Gasteiger partial charge in [0, 0.05) is 23.1 Å². The SMILES string of the molecule is C[C@@H](NC1CCCC1C1CCCCN1)c1ccc(Cl)cc1. The summed E-state index contributed by atoms with van der Waals surface area (Å²) >= 11 is 5.98. The number of halogens is 1. The molecule has 3 heteroatoms. The fourth-order valence-corrected chi connectivity index (χ4v) is 4.22. The molecule has 116 valence electrons. The third-order valence-electron chi connectivity index (χ3n) is 5.27. The van der Waals surface area contributed by atoms with Gasteiger partial charge in [-0.15, -0.1) is 0 Å². The highest BCUT2D eigenvalue weighted by molar-refractivity contribution is 6.30. The van der Waals surface area contributed by atoms with Gasteiger partial charge in [0.25, 0.3) is 0 Å². The summed E-state index contributed by atoms with van der Waals surface area (Å²) in [6, 6.07) is 10.1. The first-order valence-electron chi connectivity index (χ1n) is 8.49. The predicted molar refractivity (Wildman–Crippen MR) is 89.8 cm³/mol. The monoisotopic (exact) mass is 306 g/mol. The van der Waals surface area contributed by atoms with Gasteiger partial charge in [-0.3, -0.25) is 0 Å². The van der Waals surface area contributed by atoms with E-state index >= 15 is 0 Å². The molecule has 21 heavy (non-hydrogen) atoms. The Bertz CT molecular complexity index is 439. The van der Waals surface area contributed by atoms with E-state index in [1.165, 1.54) is 50.6 Å². The Labute approximate surface area is 133 Å². The van der Waals surface area contributed by atoms with Gasteiger partial charge in [0.05, 0.1) is 0 Å². The van der Waals surface area contributed by atoms with Crippen molar-refractivity contribution in [1.29, 1.82) is 0 Å². The number of hydrogen-bond donors (Lipinski definition) is 2. The van der Waals surface area contributed by atoms with Crippen LogP contribution in [0.1, 0.15) is 57.1 Å². The van der Waals surface area contributed by atoms with Gasteiger partial charge in [-0.25, -0.2) is 0 Å². The summed E-state index contributed by atoms with van der Waals surface area (Å²) in [6.07, 6.45) is 8.17. The first-order chi connectivity index (χ1) is 10.2. The summed E-state index contributed by atoms with van der Waals surface area (Å²) in [5.41, 5.74) is 1.33. The van der Waals surface area contributed by atoms with Crippen LogP contribution in [0, 0.1) is 5.92 Å². The third-order valence-corrected chi connectivity index (χ3v) is 5.52. The fraction of sp³-hybridized carbons (Fsp3) is 0.667. The van der Waals surface area contributed by atoms with E-state index in [9.17, 15) is 0 Å². The van der Waals surface area contributed by atoms with E-state index in [1.54, 1.807) is 0 Å². The average molecular weight is 307 g/mol. The van der Waals surface area contributed by atoms with Crippen molar-refractivity contribution in [3.05, 3.63) is 34.9 Å². The highest BCUT2D eigenvalue weighted by Gasteiger charge is 2.34. The number of piperidine rings is 1. The topological polar surface area (TPSA) is 24.1 Å². The van der Waals surface area contributed by atoms with Crippen LogP contribution in [-0.2, 0) is 0 Å². The van der Waals surface area contributed by atoms with Gasteiger partial charge in [-0.2, -0.15) is 0 Å². The van der Waals surface area contributed by atoms with Crippen LogP contribution in [0.4, 0.5) is 0 Å². The molecule has 2 nitrogen and oxygen atoms in total. The molecule has 0 amide bonds. The lowest BCUT2D eigenvalue weighted by Gasteiger charge is -2.34. The summed E-state index contributed by atoms with van der Waals surface area (Å²) in [7, 11) is 0. The minimum atomic E-state index is 0.399. The van der Waals surface area contributed by atoms with E-state index in [-0.39, 0.29) is 0 Å². The minimum absolute atomic E-state index is 0.399. The van der Waals surface area contributed by atoms with Crippen molar-refractivity contribution < 1.29 is 0 Å². The Kier molecular flexibility index (Phi) is 5.20. The second-order valence-corrected chi connectivity index (χ2v) is 7.13. The van der Waals surface area contributed by atoms with Gasteiger partial charge >= 0.3 is 0 Å². The largest absolute Gasteiger partial charge is 0.314 e. The molecule has 0 radical (unpaired) electrons. The van der Waals surface area contributed by atoms with Crippen LogP contribution < -0.4 is 10.6 Å². The summed E-state index contributed by atoms with van der Waals surface area (Å²) in [5.74, 6) is 0.806. The van der Waals surface area contributed by atoms with Crippen molar-refractivity contribution in [2.45, 2.75) is 63.6 Å². The van der Waals surface area contributed by atoms with Crippen LogP contribution in [0.2, 0.25) is 5.02 Å². The van der Waals surface area contributed by atoms with Gasteiger partial charge in [0.1, 0.15) is 0 Å². The molecule has 1 aromatic rings. The zero-order chi connectivity index (χ0) is 14.7. The zero-order valence-electron chi connectivity index (χ0n) is 12.9. The minimum Gasteiger partial charge on any atom is -0.314 e. The molecule has 4 atom stereocenters. The maximum absolute atomic E-state index is 5.98. The molecule has 0 bridgehead atoms. The second kappa shape index (κ2) is 7.13. The van der Waals surface area contributed by atoms with Gasteiger partial charge in [-0.05, 0) is 62.8 Å². The standard InChI is InChI=1S/C18H27ClN2/c1-13(14-8-10-15(19)11-9-14)21-18-7-4-5-16(18)17-6-2-3-12-20-17/h8-11,13,16-18,20-21H,2-7,12H2,1H3/t13-,16?,17?,18?/m1/s1. The molecule has 1 heterocycles. The van der Waals surface area contributed by atoms with Crippen molar-refractivity contribution >= 4 is 11.6 Å². The first-order valence-corrected chi connectivity index (χ1v) is 8.87. The highest BCUT2D eigenvalue weighted by atomic mass is 35.5. The molecule has 1 saturated heterocycles. The number of nitrogens with one attached hydrogen (secondary N) is 2. The Morgan fingerprint density at radius 1 is 1.10 bits per heavy atom. The van der Waals surface area contributed by atoms with E-state index in [2.05, 4.69) is 29.7 Å². The number of benzene rings is 1. The summed E-state index contributed by atoms with van der Waals surface area (Å²) in [6.45, 7) is 3.48. The lowest BCUT2D eigenvalue weighted by molar-refractivity contribution is 0.248. The van der Waals surface area contributed by atoms with Gasteiger partial charge in [-0.1, -0.05) is 36.6 Å². The Morgan fingerprint density at radius 2 is 1.90 bits per heavy atom. The maximum atomic E-state index is 5.98. The molecule has 1 saturated carbocycles. The van der Waals surface area contributed by atoms with Crippen LogP contribution in [0.15, 0.2) is 24.3 Å². The smallest absolute Gasteiger partial charge is 0.0406 e. The lowest BCUT2D eigenvalue weighted by atomic mass is 9.88. The van der Waals surface area contributed by atoms with Gasteiger partial charge in [0.2, 0.25) is 0 Å². The van der Waals surface area contributed by atoms with E-state index in [1.807, 2.05) is 12.1 Å². The van der Waals surface area contributed by atoms with E-state index < -0.39 is 0 Å². The molecule has 1 aliphatic heterocycles. The van der Waals surface area contributed by atoms with E-state index in [0.717, 1.165) is 17.0 Å². The molecule has 1 aromatic carbocycles. The Balaban J connectivity index is 1.61. The quantitative estimate of drug-likeness (QED) is 0.866. The first kappa shape index (κ1) is 15.3. The molecule has 2 N–H and O–H groups in total. The van der Waals surface area contributed by atoms with Gasteiger partial charge in [0.15, 0.2) is 0 Å². The predicted octanol–water partition coefficient (Wildman–Crippen LogP) is 4.30. The fourth-order valence-electron chi connectivity index (χ4n) is 4.09. The van der Waals surface area contributed by atoms with Crippen molar-refractivity contribution in [2.75, 3.05) is 6.54 Å². The molecule has 0 spiro atoms. The zero-order valence-corrected chi connectivity index (χ0v) is 13.7. The van der Waals surface area contributed by atoms with Crippen molar-refractivity contribution in [2.24, 2.45) is 5.92 Å². The molecule has 2 fully saturated rings. The molecule has 3 unspecified atom stereocenters. The Hall–Kier alpha value is -0.570. The highest BCUT2D eigenvalue weighted by Crippen LogP contribution is 2.33. The van der Waals surface area contributed by atoms with Crippen LogP contribution in [0.25, 0.3) is 0 Å². The summed E-state index contributed by atoms with van der Waals surface area (Å²) < 4.78 is 0. The van der Waals surface area contributed by atoms with Crippen LogP contribution in [0.5, 0.6) is 0 Å². The maximum Gasteiger partial charge on any atom is 0.0406 e. The normalized spacial score (nSPS) is 31.2. The summed E-state index contributed by atoms with van der Waals surface area (Å²) in [4.78, 5) is 0. The average Bonchev–Trinajstić information content (AvgIpc) is 2.97. The van der Waals surface area contributed by atoms with E-state index in [4.69, 9.17) is 11.6 Å². The molecular formula is C18H27ClN2. The van der Waals surface area contributed by atoms with E-state index in [0.29, 0.717) is 12.1 Å². The number of hydrogen-bond acceptors (Lipinski definition) is 2. The van der Waals surface area contributed by atoms with Crippen LogP contribution in [-0.4, -0.2) is 18.6 Å². The molecular weight excluding hydrogens is 280 g/mol. The van der Waals surface area contributed by atoms with Gasteiger partial charge < -0.3 is 10.6 Å². The van der Waals surface area contributed by atoms with Crippen LogP contribution in [0.3, 0.4) is 0 Å². The summed E-state index contributed by atoms with van der Waals surface area (Å²) in [5, 5.41) is 8.45. The lowest BCUT2D eigenvalue weighted by Crippen LogP contribution is -2.47. The Morgan fingerprint density at radius 3 is 2.62 bits per heavy atom. The number of rotatable bonds is 4. The van der Waals surface area contributed by atoms with Crippen molar-refractivity contribution in [3.8, 4) is 0 Å². The molecule has 1 aliphatic carbocycles. The van der Waals surface area contributed by atoms with Crippen LogP contribution >= 0.6 is 11.6 Å². The molecule has 3 rings (SSSR count). The molecule has 0 aromatic heterocycles. The molecule has 2 aliphatic rings. The third kappa shape index (κ3) is 3.80. The second-order valence-electron chi connectivity index (χ2n) is 6.70. The van der Waals surface area contributed by atoms with Crippen molar-refractivity contribution in [3.63, 3.8) is 0 Å². The van der Waals surface area contributed by atoms with Crippen molar-refractivity contribution in [1.82, 2.24) is 10.6 Å².